The van der Waals surface area contributed by atoms with Crippen molar-refractivity contribution >= 4 is 23.6 Å². The molecule has 2 N–H and O–H groups in total. The molecule has 0 spiro atoms. The average molecular weight is 438 g/mol. The number of hydrogen-bond acceptors (Lipinski definition) is 7. The molecule has 2 amide bonds. The van der Waals surface area contributed by atoms with Crippen LogP contribution >= 0.6 is 0 Å². The normalized spacial score (nSPS) is 16.9. The number of Topliss-reactive ketones (excluding diaryl/α,β-unsaturated/α-hetero) is 2. The zero-order valence-electron chi connectivity index (χ0n) is 18.0. The molecule has 2 bridgehead atoms. The second-order valence-corrected chi connectivity index (χ2v) is 8.05. The molecule has 2 heterocycles. The summed E-state index contributed by atoms with van der Waals surface area (Å²) in [6.45, 7) is 3.76. The van der Waals surface area contributed by atoms with Crippen molar-refractivity contribution in [2.24, 2.45) is 11.8 Å². The Bertz CT molecular complexity index is 993. The van der Waals surface area contributed by atoms with Crippen LogP contribution in [0.25, 0.3) is 0 Å². The number of fused-ring (bicyclic) bond motifs is 2. The minimum atomic E-state index is -0.883. The fourth-order valence-electron chi connectivity index (χ4n) is 3.49. The van der Waals surface area contributed by atoms with Gasteiger partial charge in [0.15, 0.2) is 5.78 Å². The lowest BCUT2D eigenvalue weighted by atomic mass is 9.87. The standard InChI is InChI=1S/C23H26N4O5/c1-14(2)20(27-23(31)32-12-15-6-4-3-5-7-15)19(28)9-16-8-17-10-18(26-13-25-17)11-24-22(30)21(16)29/h3-7,10,13-14,16,20H,8-9,11-12H2,1-2H3,(H,24,30)(H,27,31). The third kappa shape index (κ3) is 6.19. The third-order valence-corrected chi connectivity index (χ3v) is 5.21. The summed E-state index contributed by atoms with van der Waals surface area (Å²) in [6.07, 6.45) is 0.580. The quantitative estimate of drug-likeness (QED) is 0.630. The molecule has 0 saturated heterocycles. The fourth-order valence-corrected chi connectivity index (χ4v) is 3.49. The van der Waals surface area contributed by atoms with E-state index >= 15 is 0 Å². The van der Waals surface area contributed by atoms with Crippen molar-refractivity contribution in [2.45, 2.75) is 45.9 Å². The van der Waals surface area contributed by atoms with Crippen LogP contribution in [-0.2, 0) is 38.7 Å². The summed E-state index contributed by atoms with van der Waals surface area (Å²) in [4.78, 5) is 58.4. The van der Waals surface area contributed by atoms with E-state index in [1.165, 1.54) is 6.33 Å². The largest absolute Gasteiger partial charge is 0.445 e. The molecule has 2 aromatic rings. The molecular weight excluding hydrogens is 412 g/mol. The molecule has 0 radical (unpaired) electrons. The van der Waals surface area contributed by atoms with Gasteiger partial charge in [0.1, 0.15) is 12.9 Å². The number of nitrogens with one attached hydrogen (secondary N) is 2. The smallest absolute Gasteiger partial charge is 0.408 e. The molecule has 0 fully saturated rings. The lowest BCUT2D eigenvalue weighted by Gasteiger charge is -2.23. The number of aromatic nitrogens is 2. The molecule has 32 heavy (non-hydrogen) atoms. The van der Waals surface area contributed by atoms with Crippen LogP contribution in [0.5, 0.6) is 0 Å². The van der Waals surface area contributed by atoms with Gasteiger partial charge in [-0.25, -0.2) is 14.8 Å². The van der Waals surface area contributed by atoms with E-state index in [1.807, 2.05) is 30.3 Å². The lowest BCUT2D eigenvalue weighted by Crippen LogP contribution is -2.46. The number of rotatable bonds is 7. The average Bonchev–Trinajstić information content (AvgIpc) is 2.82. The molecular formula is C23H26N4O5. The van der Waals surface area contributed by atoms with E-state index in [-0.39, 0.29) is 37.7 Å². The van der Waals surface area contributed by atoms with Crippen molar-refractivity contribution in [1.82, 2.24) is 20.6 Å². The van der Waals surface area contributed by atoms with Crippen LogP contribution in [0.2, 0.25) is 0 Å². The summed E-state index contributed by atoms with van der Waals surface area (Å²) in [5, 5.41) is 5.12. The number of nitrogens with zero attached hydrogens (tertiary/aromatic N) is 2. The van der Waals surface area contributed by atoms with E-state index in [1.54, 1.807) is 19.9 Å². The number of carbonyl (C=O) groups excluding carboxylic acids is 4. The predicted octanol–water partition coefficient (Wildman–Crippen LogP) is 1.74. The Kier molecular flexibility index (Phi) is 7.64. The molecule has 1 aromatic heterocycles. The maximum atomic E-state index is 13.0. The topological polar surface area (TPSA) is 127 Å². The number of hydrogen-bond donors (Lipinski definition) is 2. The van der Waals surface area contributed by atoms with Gasteiger partial charge in [0.05, 0.1) is 18.3 Å². The molecule has 1 aliphatic rings. The maximum absolute atomic E-state index is 13.0. The summed E-state index contributed by atoms with van der Waals surface area (Å²) in [6, 6.07) is 10.0. The maximum Gasteiger partial charge on any atom is 0.408 e. The van der Waals surface area contributed by atoms with E-state index in [0.717, 1.165) is 5.56 Å². The number of alkyl carbamates (subject to hydrolysis) is 1. The lowest BCUT2D eigenvalue weighted by molar-refractivity contribution is -0.141. The van der Waals surface area contributed by atoms with Crippen LogP contribution in [-0.4, -0.2) is 39.6 Å². The molecule has 3 rings (SSSR count). The molecule has 9 heteroatoms. The van der Waals surface area contributed by atoms with Crippen molar-refractivity contribution in [3.8, 4) is 0 Å². The van der Waals surface area contributed by atoms with E-state index in [9.17, 15) is 19.2 Å². The van der Waals surface area contributed by atoms with Gasteiger partial charge >= 0.3 is 6.09 Å². The Hall–Kier alpha value is -3.62. The Morgan fingerprint density at radius 3 is 2.59 bits per heavy atom. The van der Waals surface area contributed by atoms with Gasteiger partial charge in [-0.2, -0.15) is 0 Å². The third-order valence-electron chi connectivity index (χ3n) is 5.21. The van der Waals surface area contributed by atoms with E-state index in [2.05, 4.69) is 20.6 Å². The highest BCUT2D eigenvalue weighted by Gasteiger charge is 2.33. The highest BCUT2D eigenvalue weighted by atomic mass is 16.5. The Morgan fingerprint density at radius 2 is 1.88 bits per heavy atom. The Labute approximate surface area is 186 Å². The number of carbonyl (C=O) groups is 4. The first-order valence-electron chi connectivity index (χ1n) is 10.4. The van der Waals surface area contributed by atoms with Crippen LogP contribution in [0.4, 0.5) is 4.79 Å². The Morgan fingerprint density at radius 1 is 1.16 bits per heavy atom. The summed E-state index contributed by atoms with van der Waals surface area (Å²) in [5.41, 5.74) is 1.99. The van der Waals surface area contributed by atoms with Crippen LogP contribution in [0.1, 0.15) is 37.2 Å². The van der Waals surface area contributed by atoms with Gasteiger partial charge in [-0.05, 0) is 17.5 Å². The summed E-state index contributed by atoms with van der Waals surface area (Å²) < 4.78 is 5.22. The van der Waals surface area contributed by atoms with Crippen molar-refractivity contribution in [1.29, 1.82) is 0 Å². The van der Waals surface area contributed by atoms with Crippen LogP contribution in [0, 0.1) is 11.8 Å². The van der Waals surface area contributed by atoms with Gasteiger partial charge in [-0.3, -0.25) is 14.4 Å². The zero-order chi connectivity index (χ0) is 23.1. The number of ether oxygens (including phenoxy) is 1. The zero-order valence-corrected chi connectivity index (χ0v) is 18.0. The summed E-state index contributed by atoms with van der Waals surface area (Å²) in [5.74, 6) is -2.92. The van der Waals surface area contributed by atoms with Gasteiger partial charge in [-0.1, -0.05) is 44.2 Å². The highest BCUT2D eigenvalue weighted by Crippen LogP contribution is 2.18. The molecule has 9 nitrogen and oxygen atoms in total. The first-order valence-corrected chi connectivity index (χ1v) is 10.4. The molecule has 168 valence electrons. The second kappa shape index (κ2) is 10.6. The van der Waals surface area contributed by atoms with Gasteiger partial charge in [0.25, 0.3) is 5.91 Å². The molecule has 1 aromatic carbocycles. The first-order chi connectivity index (χ1) is 15.3. The van der Waals surface area contributed by atoms with Crippen LogP contribution in [0.3, 0.4) is 0 Å². The molecule has 2 atom stereocenters. The molecule has 0 aliphatic carbocycles. The summed E-state index contributed by atoms with van der Waals surface area (Å²) >= 11 is 0. The Balaban J connectivity index is 1.66. The predicted molar refractivity (Wildman–Crippen MR) is 114 cm³/mol. The van der Waals surface area contributed by atoms with E-state index in [0.29, 0.717) is 11.4 Å². The van der Waals surface area contributed by atoms with Gasteiger partial charge in [0.2, 0.25) is 5.78 Å². The molecule has 1 aliphatic heterocycles. The minimum Gasteiger partial charge on any atom is -0.445 e. The number of amides is 2. The minimum absolute atomic E-state index is 0.0724. The van der Waals surface area contributed by atoms with E-state index < -0.39 is 29.7 Å². The monoisotopic (exact) mass is 438 g/mol. The first kappa shape index (κ1) is 23.1. The molecule has 0 saturated carbocycles. The van der Waals surface area contributed by atoms with Crippen molar-refractivity contribution in [2.75, 3.05) is 0 Å². The van der Waals surface area contributed by atoms with Gasteiger partial charge < -0.3 is 15.4 Å². The van der Waals surface area contributed by atoms with Gasteiger partial charge in [0, 0.05) is 24.5 Å². The van der Waals surface area contributed by atoms with Crippen molar-refractivity contribution < 1.29 is 23.9 Å². The van der Waals surface area contributed by atoms with Crippen molar-refractivity contribution in [3.05, 3.63) is 59.7 Å². The number of benzene rings is 1. The van der Waals surface area contributed by atoms with Gasteiger partial charge in [-0.15, -0.1) is 0 Å². The number of ketones is 2. The fraction of sp³-hybridized carbons (Fsp3) is 0.391. The van der Waals surface area contributed by atoms with Crippen LogP contribution in [0.15, 0.2) is 42.7 Å². The van der Waals surface area contributed by atoms with Crippen LogP contribution < -0.4 is 10.6 Å². The highest BCUT2D eigenvalue weighted by molar-refractivity contribution is 6.37. The SMILES string of the molecule is CC(C)C(NC(=O)OCc1ccccc1)C(=O)CC1Cc2cc(ncn2)CNC(=O)C1=O. The van der Waals surface area contributed by atoms with Crippen molar-refractivity contribution in [3.63, 3.8) is 0 Å². The molecule has 2 unspecified atom stereocenters. The second-order valence-electron chi connectivity index (χ2n) is 8.05. The van der Waals surface area contributed by atoms with E-state index in [4.69, 9.17) is 4.74 Å². The summed E-state index contributed by atoms with van der Waals surface area (Å²) in [7, 11) is 0.